The average Bonchev–Trinajstić information content (AvgIpc) is 3.13. The van der Waals surface area contributed by atoms with Crippen LogP contribution in [0.5, 0.6) is 0 Å². The van der Waals surface area contributed by atoms with Gasteiger partial charge in [0.05, 0.1) is 17.4 Å². The number of nitrogens with two attached hydrogens (primary N) is 1. The largest absolute Gasteiger partial charge is 0.419 e. The molecule has 33 heavy (non-hydrogen) atoms. The number of nitrogen functional groups attached to an aromatic ring is 1. The summed E-state index contributed by atoms with van der Waals surface area (Å²) in [5, 5.41) is 4.69. The normalized spacial score (nSPS) is 30.1. The predicted molar refractivity (Wildman–Crippen MR) is 120 cm³/mol. The van der Waals surface area contributed by atoms with Crippen molar-refractivity contribution in [3.05, 3.63) is 29.6 Å². The molecule has 2 N–H and O–H groups in total. The van der Waals surface area contributed by atoms with Crippen LogP contribution < -0.4 is 5.73 Å². The molecular formula is C24H32F3N5O. The van der Waals surface area contributed by atoms with Crippen molar-refractivity contribution in [3.63, 3.8) is 0 Å². The van der Waals surface area contributed by atoms with Gasteiger partial charge in [-0.2, -0.15) is 18.3 Å². The number of likely N-dealkylation sites (tertiary alicyclic amines) is 1. The first kappa shape index (κ1) is 22.7. The van der Waals surface area contributed by atoms with Gasteiger partial charge in [-0.3, -0.25) is 9.58 Å². The summed E-state index contributed by atoms with van der Waals surface area (Å²) in [6, 6.07) is 3.76. The summed E-state index contributed by atoms with van der Waals surface area (Å²) in [6.07, 6.45) is 1.85. The molecule has 0 radical (unpaired) electrons. The number of rotatable bonds is 5. The van der Waals surface area contributed by atoms with E-state index in [0.29, 0.717) is 41.2 Å². The molecule has 5 atom stereocenters. The van der Waals surface area contributed by atoms with E-state index in [2.05, 4.69) is 23.7 Å². The zero-order valence-corrected chi connectivity index (χ0v) is 19.3. The van der Waals surface area contributed by atoms with Crippen LogP contribution in [-0.4, -0.2) is 52.0 Å². The zero-order chi connectivity index (χ0) is 23.5. The van der Waals surface area contributed by atoms with E-state index in [4.69, 9.17) is 15.6 Å². The van der Waals surface area contributed by atoms with E-state index >= 15 is 0 Å². The van der Waals surface area contributed by atoms with E-state index in [1.807, 2.05) is 10.7 Å². The Bertz CT molecular complexity index is 1010. The average molecular weight is 464 g/mol. The Morgan fingerprint density at radius 3 is 2.55 bits per heavy atom. The lowest BCUT2D eigenvalue weighted by Gasteiger charge is -2.37. The van der Waals surface area contributed by atoms with Crippen molar-refractivity contribution in [2.75, 3.05) is 25.9 Å². The lowest BCUT2D eigenvalue weighted by Crippen LogP contribution is -2.44. The summed E-state index contributed by atoms with van der Waals surface area (Å²) in [5.41, 5.74) is 6.57. The fourth-order valence-electron chi connectivity index (χ4n) is 6.09. The van der Waals surface area contributed by atoms with Gasteiger partial charge >= 0.3 is 6.18 Å². The molecule has 180 valence electrons. The number of halogens is 3. The maximum absolute atomic E-state index is 13.3. The van der Waals surface area contributed by atoms with Gasteiger partial charge in [0.1, 0.15) is 5.82 Å². The first-order chi connectivity index (χ1) is 15.7. The van der Waals surface area contributed by atoms with E-state index in [1.165, 1.54) is 25.5 Å². The van der Waals surface area contributed by atoms with Gasteiger partial charge < -0.3 is 10.5 Å². The molecule has 3 fully saturated rings. The summed E-state index contributed by atoms with van der Waals surface area (Å²) < 4.78 is 47.6. The highest BCUT2D eigenvalue weighted by molar-refractivity contribution is 5.63. The van der Waals surface area contributed by atoms with Crippen LogP contribution >= 0.6 is 0 Å². The second-order valence-electron chi connectivity index (χ2n) is 10.1. The second kappa shape index (κ2) is 8.27. The lowest BCUT2D eigenvalue weighted by atomic mass is 9.99. The van der Waals surface area contributed by atoms with Crippen molar-refractivity contribution in [2.24, 2.45) is 11.8 Å². The van der Waals surface area contributed by atoms with Crippen LogP contribution in [-0.2, 0) is 10.9 Å². The van der Waals surface area contributed by atoms with Crippen LogP contribution in [0, 0.1) is 11.8 Å². The summed E-state index contributed by atoms with van der Waals surface area (Å²) in [6.45, 7) is 6.28. The van der Waals surface area contributed by atoms with Gasteiger partial charge in [-0.25, -0.2) is 4.98 Å². The Balaban J connectivity index is 1.35. The van der Waals surface area contributed by atoms with Crippen molar-refractivity contribution in [1.29, 1.82) is 0 Å². The molecular weight excluding hydrogens is 431 g/mol. The number of methoxy groups -OCH3 is 1. The molecule has 0 bridgehead atoms. The van der Waals surface area contributed by atoms with Crippen LogP contribution in [0.25, 0.3) is 11.3 Å². The summed E-state index contributed by atoms with van der Waals surface area (Å²) in [5.74, 6) is 1.16. The van der Waals surface area contributed by atoms with Crippen LogP contribution in [0.15, 0.2) is 18.3 Å². The van der Waals surface area contributed by atoms with Crippen LogP contribution in [0.2, 0.25) is 0 Å². The monoisotopic (exact) mass is 463 g/mol. The van der Waals surface area contributed by atoms with Crippen molar-refractivity contribution in [3.8, 4) is 11.3 Å². The molecule has 3 aliphatic rings. The topological polar surface area (TPSA) is 69.2 Å². The minimum atomic E-state index is -4.55. The fraction of sp³-hybridized carbons (Fsp3) is 0.667. The van der Waals surface area contributed by atoms with Gasteiger partial charge in [-0.15, -0.1) is 0 Å². The van der Waals surface area contributed by atoms with Gasteiger partial charge in [0.25, 0.3) is 0 Å². The van der Waals surface area contributed by atoms with Crippen molar-refractivity contribution < 1.29 is 17.9 Å². The highest BCUT2D eigenvalue weighted by atomic mass is 19.4. The van der Waals surface area contributed by atoms with Gasteiger partial charge in [0.2, 0.25) is 0 Å². The van der Waals surface area contributed by atoms with E-state index in [1.54, 1.807) is 7.11 Å². The minimum Gasteiger partial charge on any atom is -0.383 e. The number of aromatic nitrogens is 3. The van der Waals surface area contributed by atoms with Crippen LogP contribution in [0.1, 0.15) is 62.7 Å². The highest BCUT2D eigenvalue weighted by Gasteiger charge is 2.58. The van der Waals surface area contributed by atoms with Gasteiger partial charge in [0, 0.05) is 49.1 Å². The molecule has 0 spiro atoms. The third kappa shape index (κ3) is 4.14. The SMILES string of the molecule is CO[C@H]1CCCN([C@H]2C[C@@H]3[C@H](C2)[C@H]3c2cc(-c3cnc(N)c(C(F)(F)F)c3)nn2C(C)C)C1. The molecule has 2 aromatic rings. The third-order valence-electron chi connectivity index (χ3n) is 7.79. The van der Waals surface area contributed by atoms with E-state index < -0.39 is 17.6 Å². The van der Waals surface area contributed by atoms with Crippen LogP contribution in [0.4, 0.5) is 19.0 Å². The molecule has 0 amide bonds. The van der Waals surface area contributed by atoms with E-state index in [-0.39, 0.29) is 6.04 Å². The van der Waals surface area contributed by atoms with Crippen molar-refractivity contribution in [1.82, 2.24) is 19.7 Å². The maximum atomic E-state index is 13.3. The van der Waals surface area contributed by atoms with Gasteiger partial charge in [-0.05, 0) is 70.0 Å². The number of pyridine rings is 1. The van der Waals surface area contributed by atoms with Crippen molar-refractivity contribution >= 4 is 5.82 Å². The van der Waals surface area contributed by atoms with E-state index in [9.17, 15) is 13.2 Å². The standard InChI is InChI=1S/C24H32F3N5O/c1-13(2)32-21(10-20(30-32)14-7-19(24(25,26)27)23(28)29-11-14)22-17-8-15(9-18(17)22)31-6-4-5-16(12-31)33-3/h7,10-11,13,15-18,22H,4-6,8-9,12H2,1-3H3,(H2,28,29)/t15-,16-,17+,18-,22-/m0/s1. The molecule has 2 aliphatic carbocycles. The molecule has 0 unspecified atom stereocenters. The molecule has 2 aromatic heterocycles. The van der Waals surface area contributed by atoms with E-state index in [0.717, 1.165) is 31.3 Å². The fourth-order valence-corrected chi connectivity index (χ4v) is 6.09. The Morgan fingerprint density at radius 1 is 1.18 bits per heavy atom. The Morgan fingerprint density at radius 2 is 1.91 bits per heavy atom. The Kier molecular flexibility index (Phi) is 5.68. The number of hydrogen-bond donors (Lipinski definition) is 1. The number of alkyl halides is 3. The number of fused-ring (bicyclic) bond motifs is 1. The molecule has 9 heteroatoms. The zero-order valence-electron chi connectivity index (χ0n) is 19.3. The maximum Gasteiger partial charge on any atom is 0.419 e. The minimum absolute atomic E-state index is 0.124. The molecule has 2 saturated carbocycles. The van der Waals surface area contributed by atoms with Gasteiger partial charge in [-0.1, -0.05) is 0 Å². The second-order valence-corrected chi connectivity index (χ2v) is 10.1. The highest BCUT2D eigenvalue weighted by Crippen LogP contribution is 2.64. The molecule has 1 saturated heterocycles. The Labute approximate surface area is 192 Å². The summed E-state index contributed by atoms with van der Waals surface area (Å²) >= 11 is 0. The van der Waals surface area contributed by atoms with Crippen LogP contribution in [0.3, 0.4) is 0 Å². The lowest BCUT2D eigenvalue weighted by molar-refractivity contribution is -0.137. The third-order valence-corrected chi connectivity index (χ3v) is 7.79. The summed E-state index contributed by atoms with van der Waals surface area (Å²) in [4.78, 5) is 6.39. The quantitative estimate of drug-likeness (QED) is 0.694. The number of piperidine rings is 1. The van der Waals surface area contributed by atoms with Gasteiger partial charge in [0.15, 0.2) is 0 Å². The smallest absolute Gasteiger partial charge is 0.383 e. The molecule has 6 nitrogen and oxygen atoms in total. The number of nitrogens with zero attached hydrogens (tertiary/aromatic N) is 4. The number of anilines is 1. The molecule has 5 rings (SSSR count). The van der Waals surface area contributed by atoms with Crippen molar-refractivity contribution in [2.45, 2.75) is 69.8 Å². The summed E-state index contributed by atoms with van der Waals surface area (Å²) in [7, 11) is 1.80. The molecule has 1 aliphatic heterocycles. The number of hydrogen-bond acceptors (Lipinski definition) is 5. The predicted octanol–water partition coefficient (Wildman–Crippen LogP) is 4.73. The first-order valence-corrected chi connectivity index (χ1v) is 11.9. The first-order valence-electron chi connectivity index (χ1n) is 11.9. The Hall–Kier alpha value is -2.13. The molecule has 0 aromatic carbocycles. The number of ether oxygens (including phenoxy) is 1. The molecule has 3 heterocycles.